The first-order valence-electron chi connectivity index (χ1n) is 33.1. The number of phenols is 2. The average Bonchev–Trinajstić information content (AvgIpc) is 0.770. The number of phenolic OH excluding ortho intramolecular Hbond substituents is 2. The molecule has 0 aliphatic heterocycles. The van der Waals surface area contributed by atoms with Gasteiger partial charge in [0.15, 0.2) is 0 Å². The molecular formula is C86H92O8. The molecule has 8 bridgehead atoms. The lowest BCUT2D eigenvalue weighted by Crippen LogP contribution is -2.16. The van der Waals surface area contributed by atoms with E-state index in [0.29, 0.717) is 86.6 Å². The van der Waals surface area contributed by atoms with Gasteiger partial charge < -0.3 is 38.6 Å². The Morgan fingerprint density at radius 3 is 0.660 bits per heavy atom. The molecule has 0 atom stereocenters. The first-order chi connectivity index (χ1) is 44.8. The zero-order valence-corrected chi connectivity index (χ0v) is 57.0. The van der Waals surface area contributed by atoms with Crippen LogP contribution in [0.25, 0.3) is 0 Å². The number of aromatic hydroxyl groups is 2. The van der Waals surface area contributed by atoms with Crippen LogP contribution in [0.2, 0.25) is 0 Å². The largest absolute Gasteiger partial charge is 0.507 e. The van der Waals surface area contributed by atoms with Gasteiger partial charge in [-0.25, -0.2) is 0 Å². The van der Waals surface area contributed by atoms with E-state index in [2.05, 4.69) is 180 Å². The van der Waals surface area contributed by atoms with Gasteiger partial charge in [-0.05, 0) is 146 Å². The molecule has 94 heavy (non-hydrogen) atoms. The standard InChI is InChI=1S/C86H92O8/c1-83(2,3)71-41-63-37-67-45-73(85(7,8)9)47-69(81(67)93-55-61-33-75(89-51-57-25-17-13-18-26-57)49-76(34-61)90-52-58-27-19-14-20-28-58)39-65-43-72(84(4,5)6)44-66(80(65)88)40-70-48-74(86(10,11)12)46-68(38-64(42-71)79(63)87)82(70)94-56-62-35-77(91-53-59-29-21-15-22-30-59)50-78(36-62)92-54-60-31-23-16-24-32-60/h13-36,41-50,87-88H,37-40,51-56H2,1-12H3. The molecule has 10 aromatic carbocycles. The molecule has 0 spiro atoms. The van der Waals surface area contributed by atoms with E-state index in [9.17, 15) is 10.2 Å². The predicted octanol–water partition coefficient (Wildman–Crippen LogP) is 20.4. The van der Waals surface area contributed by atoms with Gasteiger partial charge >= 0.3 is 0 Å². The number of hydrogen-bond donors (Lipinski definition) is 2. The van der Waals surface area contributed by atoms with Crippen molar-refractivity contribution in [3.63, 3.8) is 0 Å². The summed E-state index contributed by atoms with van der Waals surface area (Å²) in [6.07, 6.45) is 1.42. The van der Waals surface area contributed by atoms with E-state index in [4.69, 9.17) is 28.4 Å². The number of rotatable bonds is 18. The van der Waals surface area contributed by atoms with E-state index < -0.39 is 0 Å². The molecule has 8 heteroatoms. The van der Waals surface area contributed by atoms with Crippen molar-refractivity contribution in [1.29, 1.82) is 0 Å². The van der Waals surface area contributed by atoms with Crippen LogP contribution in [0, 0.1) is 0 Å². The van der Waals surface area contributed by atoms with E-state index in [-0.39, 0.29) is 46.4 Å². The Bertz CT molecular complexity index is 3740. The van der Waals surface area contributed by atoms with Crippen molar-refractivity contribution in [3.8, 4) is 46.0 Å². The lowest BCUT2D eigenvalue weighted by Gasteiger charge is -2.28. The van der Waals surface area contributed by atoms with Gasteiger partial charge in [-0.3, -0.25) is 0 Å². The van der Waals surface area contributed by atoms with Gasteiger partial charge in [-0.15, -0.1) is 0 Å². The highest BCUT2D eigenvalue weighted by Gasteiger charge is 2.29. The summed E-state index contributed by atoms with van der Waals surface area (Å²) >= 11 is 0. The van der Waals surface area contributed by atoms with Gasteiger partial charge in [0.2, 0.25) is 0 Å². The maximum absolute atomic E-state index is 13.2. The van der Waals surface area contributed by atoms with Crippen LogP contribution >= 0.6 is 0 Å². The molecule has 2 N–H and O–H groups in total. The molecule has 0 saturated heterocycles. The molecule has 10 aromatic rings. The minimum Gasteiger partial charge on any atom is -0.507 e. The molecule has 0 amide bonds. The third-order valence-electron chi connectivity index (χ3n) is 17.6. The number of hydrogen-bond acceptors (Lipinski definition) is 8. The smallest absolute Gasteiger partial charge is 0.126 e. The van der Waals surface area contributed by atoms with Crippen LogP contribution < -0.4 is 28.4 Å². The lowest BCUT2D eigenvalue weighted by molar-refractivity contribution is 0.280. The van der Waals surface area contributed by atoms with E-state index in [0.717, 1.165) is 100 Å². The second-order valence-corrected chi connectivity index (χ2v) is 29.5. The second kappa shape index (κ2) is 28.0. The van der Waals surface area contributed by atoms with Crippen LogP contribution in [-0.4, -0.2) is 10.2 Å². The molecular weight excluding hydrogens is 1160 g/mol. The zero-order chi connectivity index (χ0) is 66.4. The Balaban J connectivity index is 1.06. The Morgan fingerprint density at radius 2 is 0.447 bits per heavy atom. The Labute approximate surface area is 558 Å². The summed E-state index contributed by atoms with van der Waals surface area (Å²) < 4.78 is 40.8. The first kappa shape index (κ1) is 66.1. The molecule has 0 fully saturated rings. The Morgan fingerprint density at radius 1 is 0.245 bits per heavy atom. The number of fused-ring (bicyclic) bond motifs is 8. The molecule has 0 heterocycles. The van der Waals surface area contributed by atoms with Crippen LogP contribution in [0.5, 0.6) is 46.0 Å². The molecule has 0 saturated carbocycles. The van der Waals surface area contributed by atoms with E-state index in [1.165, 1.54) is 0 Å². The minimum atomic E-state index is -0.291. The Hall–Kier alpha value is -9.40. The third kappa shape index (κ3) is 16.9. The van der Waals surface area contributed by atoms with Crippen molar-refractivity contribution in [2.24, 2.45) is 0 Å². The fraction of sp³-hybridized carbons (Fsp3) is 0.302. The predicted molar refractivity (Wildman–Crippen MR) is 380 cm³/mol. The third-order valence-corrected chi connectivity index (χ3v) is 17.6. The first-order valence-corrected chi connectivity index (χ1v) is 33.1. The van der Waals surface area contributed by atoms with Crippen LogP contribution in [-0.2, 0) is 87.0 Å². The van der Waals surface area contributed by atoms with Crippen LogP contribution in [0.1, 0.15) is 183 Å². The minimum absolute atomic E-state index is 0.179. The monoisotopic (exact) mass is 1250 g/mol. The Kier molecular flexibility index (Phi) is 19.7. The van der Waals surface area contributed by atoms with Crippen molar-refractivity contribution < 1.29 is 38.6 Å². The summed E-state index contributed by atoms with van der Waals surface area (Å²) in [5.74, 6) is 4.51. The molecule has 0 radical (unpaired) electrons. The molecule has 11 rings (SSSR count). The van der Waals surface area contributed by atoms with Crippen LogP contribution in [0.4, 0.5) is 0 Å². The number of ether oxygens (including phenoxy) is 6. The topological polar surface area (TPSA) is 95.8 Å². The van der Waals surface area contributed by atoms with Crippen molar-refractivity contribution >= 4 is 0 Å². The summed E-state index contributed by atoms with van der Waals surface area (Å²) in [5.41, 5.74) is 16.1. The summed E-state index contributed by atoms with van der Waals surface area (Å²) in [7, 11) is 0. The van der Waals surface area contributed by atoms with E-state index in [1.54, 1.807) is 0 Å². The number of benzene rings is 10. The maximum Gasteiger partial charge on any atom is 0.126 e. The summed E-state index contributed by atoms with van der Waals surface area (Å²) in [6.45, 7) is 28.7. The summed E-state index contributed by atoms with van der Waals surface area (Å²) in [6, 6.07) is 70.5. The normalized spacial score (nSPS) is 12.6. The lowest BCUT2D eigenvalue weighted by atomic mass is 9.79. The van der Waals surface area contributed by atoms with Gasteiger partial charge in [0.05, 0.1) is 0 Å². The summed E-state index contributed by atoms with van der Waals surface area (Å²) in [4.78, 5) is 0. The SMILES string of the molecule is CC(C)(C)c1cc2c(O)c(c1)Cc1cc(C(C)(C)C)cc(c1OCc1cc(OCc3ccccc3)cc(OCc3ccccc3)c1)Cc1cc(C(C)(C)C)cc(c1O)Cc1cc(C(C)(C)C)cc(c1OCc1cc(OCc3ccccc3)cc(OCc3ccccc3)c1)C2. The molecule has 0 aromatic heterocycles. The molecule has 484 valence electrons. The van der Waals surface area contributed by atoms with Gasteiger partial charge in [-0.2, -0.15) is 0 Å². The van der Waals surface area contributed by atoms with Gasteiger partial charge in [0.1, 0.15) is 85.6 Å². The van der Waals surface area contributed by atoms with Crippen LogP contribution in [0.3, 0.4) is 0 Å². The van der Waals surface area contributed by atoms with Gasteiger partial charge in [-0.1, -0.05) is 253 Å². The fourth-order valence-electron chi connectivity index (χ4n) is 12.1. The molecule has 1 aliphatic carbocycles. The summed E-state index contributed by atoms with van der Waals surface area (Å²) in [5, 5.41) is 26.4. The highest BCUT2D eigenvalue weighted by Crippen LogP contribution is 2.45. The fourth-order valence-corrected chi connectivity index (χ4v) is 12.1. The van der Waals surface area contributed by atoms with Gasteiger partial charge in [0.25, 0.3) is 0 Å². The highest BCUT2D eigenvalue weighted by molar-refractivity contribution is 5.60. The van der Waals surface area contributed by atoms with Crippen molar-refractivity contribution in [2.45, 2.75) is 170 Å². The highest BCUT2D eigenvalue weighted by atomic mass is 16.5. The van der Waals surface area contributed by atoms with Crippen molar-refractivity contribution in [2.75, 3.05) is 0 Å². The zero-order valence-electron chi connectivity index (χ0n) is 57.0. The van der Waals surface area contributed by atoms with Crippen LogP contribution in [0.15, 0.2) is 206 Å². The van der Waals surface area contributed by atoms with E-state index in [1.807, 2.05) is 109 Å². The average molecular weight is 1250 g/mol. The maximum atomic E-state index is 13.2. The molecule has 8 nitrogen and oxygen atoms in total. The molecule has 0 unspecified atom stereocenters. The van der Waals surface area contributed by atoms with E-state index >= 15 is 0 Å². The quantitative estimate of drug-likeness (QED) is 0.0877. The van der Waals surface area contributed by atoms with Crippen molar-refractivity contribution in [3.05, 3.63) is 306 Å². The van der Waals surface area contributed by atoms with Crippen molar-refractivity contribution in [1.82, 2.24) is 0 Å². The van der Waals surface area contributed by atoms with Gasteiger partial charge in [0, 0.05) is 37.8 Å². The molecule has 1 aliphatic rings. The second-order valence-electron chi connectivity index (χ2n) is 29.5.